The molecule has 1 saturated carbocycles. The van der Waals surface area contributed by atoms with Gasteiger partial charge in [-0.05, 0) is 51.1 Å². The van der Waals surface area contributed by atoms with Crippen LogP contribution in [0.4, 0.5) is 0 Å². The van der Waals surface area contributed by atoms with Gasteiger partial charge in [0.2, 0.25) is 0 Å². The van der Waals surface area contributed by atoms with Gasteiger partial charge in [-0.1, -0.05) is 27.7 Å². The first-order valence-electron chi connectivity index (χ1n) is 7.82. The van der Waals surface area contributed by atoms with Gasteiger partial charge in [0.15, 0.2) is 0 Å². The maximum Gasteiger partial charge on any atom is 0.0655 e. The van der Waals surface area contributed by atoms with Gasteiger partial charge in [0, 0.05) is 18.1 Å². The molecule has 1 aliphatic heterocycles. The van der Waals surface area contributed by atoms with Gasteiger partial charge < -0.3 is 4.74 Å². The molecule has 106 valence electrons. The summed E-state index contributed by atoms with van der Waals surface area (Å²) >= 11 is 0. The molecular formula is C16H31NO. The Hall–Kier alpha value is -0.0800. The zero-order chi connectivity index (χ0) is 13.3. The zero-order valence-corrected chi connectivity index (χ0v) is 12.9. The molecule has 1 heterocycles. The van der Waals surface area contributed by atoms with Crippen LogP contribution in [0.25, 0.3) is 0 Å². The fraction of sp³-hybridized carbons (Fsp3) is 1.00. The van der Waals surface area contributed by atoms with Gasteiger partial charge >= 0.3 is 0 Å². The van der Waals surface area contributed by atoms with Crippen LogP contribution >= 0.6 is 0 Å². The minimum atomic E-state index is 0.348. The lowest BCUT2D eigenvalue weighted by Crippen LogP contribution is -2.63. The standard InChI is InChI=1S/C16H31NO/c1-6-18-15-11-14(16(15,4)5)17-9-7-13(8-10-17)12(2)3/h12-15H,6-11H2,1-5H3. The van der Waals surface area contributed by atoms with E-state index in [1.807, 2.05) is 0 Å². The molecule has 18 heavy (non-hydrogen) atoms. The number of nitrogens with zero attached hydrogens (tertiary/aromatic N) is 1. The van der Waals surface area contributed by atoms with Crippen molar-refractivity contribution in [2.45, 2.75) is 66.0 Å². The Morgan fingerprint density at radius 3 is 2.28 bits per heavy atom. The van der Waals surface area contributed by atoms with Crippen molar-refractivity contribution in [3.8, 4) is 0 Å². The quantitative estimate of drug-likeness (QED) is 0.759. The zero-order valence-electron chi connectivity index (χ0n) is 12.9. The van der Waals surface area contributed by atoms with E-state index in [1.54, 1.807) is 0 Å². The number of ether oxygens (including phenoxy) is 1. The van der Waals surface area contributed by atoms with E-state index in [0.717, 1.165) is 24.5 Å². The number of rotatable bonds is 4. The molecule has 0 spiro atoms. The van der Waals surface area contributed by atoms with Crippen LogP contribution < -0.4 is 0 Å². The molecule has 2 rings (SSSR count). The molecule has 0 aromatic heterocycles. The molecule has 2 fully saturated rings. The first-order chi connectivity index (χ1) is 8.46. The van der Waals surface area contributed by atoms with Crippen LogP contribution in [0, 0.1) is 17.3 Å². The summed E-state index contributed by atoms with van der Waals surface area (Å²) in [7, 11) is 0. The van der Waals surface area contributed by atoms with E-state index in [9.17, 15) is 0 Å². The van der Waals surface area contributed by atoms with Gasteiger partial charge in [-0.15, -0.1) is 0 Å². The van der Waals surface area contributed by atoms with E-state index < -0.39 is 0 Å². The molecule has 0 bridgehead atoms. The molecule has 0 radical (unpaired) electrons. The topological polar surface area (TPSA) is 12.5 Å². The predicted octanol–water partition coefficient (Wildman–Crippen LogP) is 3.56. The Labute approximate surface area is 113 Å². The molecule has 2 nitrogen and oxygen atoms in total. The maximum absolute atomic E-state index is 5.85. The van der Waals surface area contributed by atoms with E-state index in [0.29, 0.717) is 11.5 Å². The summed E-state index contributed by atoms with van der Waals surface area (Å²) in [6, 6.07) is 0.752. The van der Waals surface area contributed by atoms with Crippen LogP contribution in [0.1, 0.15) is 53.9 Å². The van der Waals surface area contributed by atoms with E-state index >= 15 is 0 Å². The Morgan fingerprint density at radius 2 is 1.83 bits per heavy atom. The SMILES string of the molecule is CCOC1CC(N2CCC(C(C)C)CC2)C1(C)C. The summed E-state index contributed by atoms with van der Waals surface area (Å²) < 4.78 is 5.85. The van der Waals surface area contributed by atoms with Crippen LogP contribution in [0.2, 0.25) is 0 Å². The molecule has 2 atom stereocenters. The Balaban J connectivity index is 1.84. The molecular weight excluding hydrogens is 222 g/mol. The molecule has 2 heteroatoms. The Bertz CT molecular complexity index is 266. The normalized spacial score (nSPS) is 33.7. The second-order valence-electron chi connectivity index (χ2n) is 7.13. The fourth-order valence-corrected chi connectivity index (χ4v) is 3.87. The van der Waals surface area contributed by atoms with E-state index in [-0.39, 0.29) is 0 Å². The van der Waals surface area contributed by atoms with Gasteiger partial charge in [0.05, 0.1) is 6.10 Å². The van der Waals surface area contributed by atoms with Crippen LogP contribution in [-0.4, -0.2) is 36.7 Å². The minimum absolute atomic E-state index is 0.348. The highest BCUT2D eigenvalue weighted by Crippen LogP contribution is 2.46. The summed E-state index contributed by atoms with van der Waals surface area (Å²) in [5.41, 5.74) is 0.348. The average molecular weight is 253 g/mol. The van der Waals surface area contributed by atoms with Crippen molar-refractivity contribution in [1.82, 2.24) is 4.90 Å². The Kier molecular flexibility index (Phi) is 4.38. The fourth-order valence-electron chi connectivity index (χ4n) is 3.87. The van der Waals surface area contributed by atoms with Crippen LogP contribution in [0.15, 0.2) is 0 Å². The second kappa shape index (κ2) is 5.50. The predicted molar refractivity (Wildman–Crippen MR) is 76.7 cm³/mol. The number of hydrogen-bond donors (Lipinski definition) is 0. The van der Waals surface area contributed by atoms with Gasteiger partial charge in [-0.2, -0.15) is 0 Å². The van der Waals surface area contributed by atoms with Crippen molar-refractivity contribution in [3.05, 3.63) is 0 Å². The van der Waals surface area contributed by atoms with Crippen LogP contribution in [-0.2, 0) is 4.74 Å². The lowest BCUT2D eigenvalue weighted by atomic mass is 9.63. The molecule has 1 aliphatic carbocycles. The molecule has 1 saturated heterocycles. The third-order valence-corrected chi connectivity index (χ3v) is 5.45. The van der Waals surface area contributed by atoms with E-state index in [4.69, 9.17) is 4.74 Å². The molecule has 0 aromatic rings. The second-order valence-corrected chi connectivity index (χ2v) is 7.13. The number of likely N-dealkylation sites (tertiary alicyclic amines) is 1. The lowest BCUT2D eigenvalue weighted by molar-refractivity contribution is -0.154. The molecule has 2 unspecified atom stereocenters. The first kappa shape index (κ1) is 14.3. The maximum atomic E-state index is 5.85. The summed E-state index contributed by atoms with van der Waals surface area (Å²) in [5.74, 6) is 1.81. The van der Waals surface area contributed by atoms with Gasteiger partial charge in [0.1, 0.15) is 0 Å². The van der Waals surface area contributed by atoms with Crippen LogP contribution in [0.5, 0.6) is 0 Å². The molecule has 0 amide bonds. The minimum Gasteiger partial charge on any atom is -0.378 e. The lowest BCUT2D eigenvalue weighted by Gasteiger charge is -2.57. The Morgan fingerprint density at radius 1 is 1.22 bits per heavy atom. The molecule has 2 aliphatic rings. The van der Waals surface area contributed by atoms with Crippen molar-refractivity contribution in [1.29, 1.82) is 0 Å². The largest absolute Gasteiger partial charge is 0.378 e. The van der Waals surface area contributed by atoms with E-state index in [2.05, 4.69) is 39.5 Å². The van der Waals surface area contributed by atoms with Crippen molar-refractivity contribution >= 4 is 0 Å². The summed E-state index contributed by atoms with van der Waals surface area (Å²) in [6.45, 7) is 15.1. The summed E-state index contributed by atoms with van der Waals surface area (Å²) in [6.07, 6.45) is 4.51. The monoisotopic (exact) mass is 253 g/mol. The third kappa shape index (κ3) is 2.60. The third-order valence-electron chi connectivity index (χ3n) is 5.45. The highest BCUT2D eigenvalue weighted by atomic mass is 16.5. The van der Waals surface area contributed by atoms with Crippen molar-refractivity contribution < 1.29 is 4.74 Å². The molecule has 0 aromatic carbocycles. The summed E-state index contributed by atoms with van der Waals surface area (Å²) in [4.78, 5) is 2.73. The molecule has 0 N–H and O–H groups in total. The first-order valence-corrected chi connectivity index (χ1v) is 7.82. The highest BCUT2D eigenvalue weighted by Gasteiger charge is 2.51. The van der Waals surface area contributed by atoms with Gasteiger partial charge in [0.25, 0.3) is 0 Å². The highest BCUT2D eigenvalue weighted by molar-refractivity contribution is 5.04. The number of piperidine rings is 1. The van der Waals surface area contributed by atoms with Crippen molar-refractivity contribution in [2.75, 3.05) is 19.7 Å². The van der Waals surface area contributed by atoms with Gasteiger partial charge in [-0.3, -0.25) is 4.90 Å². The number of hydrogen-bond acceptors (Lipinski definition) is 2. The van der Waals surface area contributed by atoms with Gasteiger partial charge in [-0.25, -0.2) is 0 Å². The summed E-state index contributed by atoms with van der Waals surface area (Å²) in [5, 5.41) is 0. The average Bonchev–Trinajstić information content (AvgIpc) is 2.34. The van der Waals surface area contributed by atoms with Crippen molar-refractivity contribution in [2.24, 2.45) is 17.3 Å². The van der Waals surface area contributed by atoms with Crippen LogP contribution in [0.3, 0.4) is 0 Å². The van der Waals surface area contributed by atoms with Crippen molar-refractivity contribution in [3.63, 3.8) is 0 Å². The van der Waals surface area contributed by atoms with E-state index in [1.165, 1.54) is 32.4 Å². The smallest absolute Gasteiger partial charge is 0.0655 e.